The summed E-state index contributed by atoms with van der Waals surface area (Å²) in [7, 11) is 0. The smallest absolute Gasteiger partial charge is 0.269 e. The van der Waals surface area contributed by atoms with Gasteiger partial charge in [0, 0.05) is 27.9 Å². The lowest BCUT2D eigenvalue weighted by atomic mass is 10.1. The van der Waals surface area contributed by atoms with E-state index < -0.39 is 23.7 Å². The van der Waals surface area contributed by atoms with Gasteiger partial charge >= 0.3 is 0 Å². The molecule has 1 aliphatic carbocycles. The first-order chi connectivity index (χ1) is 14.4. The lowest BCUT2D eigenvalue weighted by Gasteiger charge is -2.17. The number of anilines is 2. The number of thioether (sulfide) groups is 1. The van der Waals surface area contributed by atoms with E-state index in [1.165, 1.54) is 49.9 Å². The van der Waals surface area contributed by atoms with Crippen LogP contribution in [0.3, 0.4) is 0 Å². The van der Waals surface area contributed by atoms with Crippen LogP contribution in [0, 0.1) is 11.2 Å². The second-order valence-corrected chi connectivity index (χ2v) is 8.67. The molecule has 30 heavy (non-hydrogen) atoms. The number of carbonyl (C=O) groups is 2. The highest BCUT2D eigenvalue weighted by Crippen LogP contribution is 2.34. The van der Waals surface area contributed by atoms with Gasteiger partial charge in [-0.1, -0.05) is 12.8 Å². The van der Waals surface area contributed by atoms with E-state index in [1.807, 2.05) is 36.0 Å². The molecule has 1 aliphatic rings. The van der Waals surface area contributed by atoms with Crippen molar-refractivity contribution in [1.82, 2.24) is 0 Å². The van der Waals surface area contributed by atoms with E-state index in [9.17, 15) is 14.0 Å². The minimum absolute atomic E-state index is 0.186. The van der Waals surface area contributed by atoms with Crippen molar-refractivity contribution in [3.05, 3.63) is 54.3 Å². The number of carbonyl (C=O) groups excluding carboxylic acids is 2. The van der Waals surface area contributed by atoms with Gasteiger partial charge in [-0.25, -0.2) is 4.39 Å². The molecule has 0 saturated heterocycles. The predicted molar refractivity (Wildman–Crippen MR) is 119 cm³/mol. The summed E-state index contributed by atoms with van der Waals surface area (Å²) in [5.41, 5.74) is 6.17. The second kappa shape index (κ2) is 10.2. The van der Waals surface area contributed by atoms with E-state index in [1.54, 1.807) is 0 Å². The van der Waals surface area contributed by atoms with E-state index in [4.69, 9.17) is 11.1 Å². The van der Waals surface area contributed by atoms with Crippen molar-refractivity contribution in [2.75, 3.05) is 10.6 Å². The van der Waals surface area contributed by atoms with Crippen LogP contribution < -0.4 is 16.4 Å². The molecule has 158 valence electrons. The number of primary amides is 1. The fourth-order valence-corrected chi connectivity index (χ4v) is 4.54. The minimum atomic E-state index is -0.959. The Labute approximate surface area is 179 Å². The summed E-state index contributed by atoms with van der Waals surface area (Å²) in [6.07, 6.45) is 4.88. The van der Waals surface area contributed by atoms with Gasteiger partial charge in [0.25, 0.3) is 5.91 Å². The van der Waals surface area contributed by atoms with Crippen LogP contribution in [0.2, 0.25) is 0 Å². The first-order valence-corrected chi connectivity index (χ1v) is 10.8. The lowest BCUT2D eigenvalue weighted by Crippen LogP contribution is -2.39. The average molecular weight is 429 g/mol. The average Bonchev–Trinajstić information content (AvgIpc) is 3.23. The van der Waals surface area contributed by atoms with Crippen molar-refractivity contribution >= 4 is 40.7 Å². The van der Waals surface area contributed by atoms with Crippen LogP contribution in [0.25, 0.3) is 0 Å². The number of benzene rings is 2. The quantitative estimate of drug-likeness (QED) is 0.450. The molecule has 0 heterocycles. The largest absolute Gasteiger partial charge is 0.373 e. The van der Waals surface area contributed by atoms with E-state index in [0.717, 1.165) is 4.90 Å². The number of rotatable bonds is 9. The van der Waals surface area contributed by atoms with Crippen molar-refractivity contribution in [2.45, 2.75) is 48.3 Å². The summed E-state index contributed by atoms with van der Waals surface area (Å²) in [5, 5.41) is 14.2. The highest BCUT2D eigenvalue weighted by atomic mass is 32.2. The van der Waals surface area contributed by atoms with Crippen molar-refractivity contribution in [1.29, 1.82) is 5.41 Å². The van der Waals surface area contributed by atoms with Crippen molar-refractivity contribution in [3.8, 4) is 0 Å². The van der Waals surface area contributed by atoms with Crippen molar-refractivity contribution in [2.24, 2.45) is 5.73 Å². The van der Waals surface area contributed by atoms with Crippen LogP contribution in [-0.4, -0.2) is 28.8 Å². The van der Waals surface area contributed by atoms with Gasteiger partial charge in [-0.05, 0) is 61.4 Å². The Kier molecular flexibility index (Phi) is 7.46. The number of hydrogen-bond donors (Lipinski definition) is 4. The van der Waals surface area contributed by atoms with Crippen LogP contribution in [0.15, 0.2) is 53.4 Å². The molecule has 0 aromatic heterocycles. The SMILES string of the molecule is N=C(CC(Nc1ccc(F)cc1)C(N)=O)C(=O)Nc1ccc(SC2CCCC2)cc1. The molecule has 6 nitrogen and oxygen atoms in total. The maximum atomic E-state index is 13.0. The van der Waals surface area contributed by atoms with E-state index in [2.05, 4.69) is 10.6 Å². The molecular formula is C22H25FN4O2S. The molecule has 0 radical (unpaired) electrons. The topological polar surface area (TPSA) is 108 Å². The first-order valence-electron chi connectivity index (χ1n) is 9.87. The number of nitrogens with one attached hydrogen (secondary N) is 3. The van der Waals surface area contributed by atoms with Gasteiger partial charge in [0.05, 0.1) is 5.71 Å². The Morgan fingerprint density at radius 3 is 2.27 bits per heavy atom. The third-order valence-electron chi connectivity index (χ3n) is 4.93. The van der Waals surface area contributed by atoms with Crippen LogP contribution in [0.4, 0.5) is 15.8 Å². The zero-order valence-electron chi connectivity index (χ0n) is 16.5. The molecule has 2 amide bonds. The normalized spacial score (nSPS) is 14.8. The van der Waals surface area contributed by atoms with Gasteiger partial charge < -0.3 is 16.4 Å². The zero-order chi connectivity index (χ0) is 21.5. The maximum absolute atomic E-state index is 13.0. The molecule has 1 unspecified atom stereocenters. The van der Waals surface area contributed by atoms with Crippen LogP contribution in [-0.2, 0) is 9.59 Å². The number of amides is 2. The fourth-order valence-electron chi connectivity index (χ4n) is 3.29. The molecule has 2 aromatic rings. The molecule has 1 saturated carbocycles. The highest BCUT2D eigenvalue weighted by Gasteiger charge is 2.21. The summed E-state index contributed by atoms with van der Waals surface area (Å²) in [5.74, 6) is -1.71. The van der Waals surface area contributed by atoms with Gasteiger partial charge in [0.1, 0.15) is 11.9 Å². The lowest BCUT2D eigenvalue weighted by molar-refractivity contribution is -0.118. The third kappa shape index (κ3) is 6.32. The van der Waals surface area contributed by atoms with Crippen molar-refractivity contribution < 1.29 is 14.0 Å². The number of nitrogens with two attached hydrogens (primary N) is 1. The summed E-state index contributed by atoms with van der Waals surface area (Å²) >= 11 is 1.86. The molecule has 0 aliphatic heterocycles. The van der Waals surface area contributed by atoms with Gasteiger partial charge in [-0.3, -0.25) is 15.0 Å². The molecule has 1 fully saturated rings. The molecule has 2 aromatic carbocycles. The molecule has 1 atom stereocenters. The highest BCUT2D eigenvalue weighted by molar-refractivity contribution is 8.00. The summed E-state index contributed by atoms with van der Waals surface area (Å²) in [4.78, 5) is 25.2. The summed E-state index contributed by atoms with van der Waals surface area (Å²) < 4.78 is 13.0. The standard InChI is InChI=1S/C22H25FN4O2S/c23-14-5-7-15(8-6-14)26-20(21(25)28)13-19(24)22(29)27-16-9-11-18(12-10-16)30-17-3-1-2-4-17/h5-12,17,20,24,26H,1-4,13H2,(H2,25,28)(H,27,29). The van der Waals surface area contributed by atoms with Gasteiger partial charge in [-0.15, -0.1) is 11.8 Å². The molecule has 5 N–H and O–H groups in total. The van der Waals surface area contributed by atoms with Crippen LogP contribution >= 0.6 is 11.8 Å². The van der Waals surface area contributed by atoms with Gasteiger partial charge in [0.2, 0.25) is 5.91 Å². The van der Waals surface area contributed by atoms with E-state index in [-0.39, 0.29) is 12.1 Å². The monoisotopic (exact) mass is 428 g/mol. The van der Waals surface area contributed by atoms with Crippen LogP contribution in [0.1, 0.15) is 32.1 Å². The van der Waals surface area contributed by atoms with Gasteiger partial charge in [0.15, 0.2) is 0 Å². The Morgan fingerprint density at radius 1 is 1.07 bits per heavy atom. The molecule has 8 heteroatoms. The predicted octanol–water partition coefficient (Wildman–Crippen LogP) is 4.17. The third-order valence-corrected chi connectivity index (χ3v) is 6.28. The van der Waals surface area contributed by atoms with E-state index in [0.29, 0.717) is 16.6 Å². The number of halogens is 1. The first kappa shape index (κ1) is 21.8. The molecule has 3 rings (SSSR count). The summed E-state index contributed by atoms with van der Waals surface area (Å²) in [6, 6.07) is 12.0. The fraction of sp³-hybridized carbons (Fsp3) is 0.318. The van der Waals surface area contributed by atoms with Gasteiger partial charge in [-0.2, -0.15) is 0 Å². The Hall–Kier alpha value is -2.87. The second-order valence-electron chi connectivity index (χ2n) is 7.29. The maximum Gasteiger partial charge on any atom is 0.269 e. The molecule has 0 bridgehead atoms. The molecule has 0 spiro atoms. The molecular weight excluding hydrogens is 403 g/mol. The minimum Gasteiger partial charge on any atom is -0.373 e. The van der Waals surface area contributed by atoms with E-state index >= 15 is 0 Å². The van der Waals surface area contributed by atoms with Crippen molar-refractivity contribution in [3.63, 3.8) is 0 Å². The van der Waals surface area contributed by atoms with Crippen LogP contribution in [0.5, 0.6) is 0 Å². The Morgan fingerprint density at radius 2 is 1.67 bits per heavy atom. The number of hydrogen-bond acceptors (Lipinski definition) is 5. The summed E-state index contributed by atoms with van der Waals surface area (Å²) in [6.45, 7) is 0. The Balaban J connectivity index is 1.53. The Bertz CT molecular complexity index is 896. The zero-order valence-corrected chi connectivity index (χ0v) is 17.3.